The molecule has 0 amide bonds. The maximum absolute atomic E-state index is 6.36. The fourth-order valence-electron chi connectivity index (χ4n) is 3.70. The van der Waals surface area contributed by atoms with Crippen LogP contribution < -0.4 is 25.7 Å². The predicted molar refractivity (Wildman–Crippen MR) is 134 cm³/mol. The van der Waals surface area contributed by atoms with Crippen LogP contribution in [0, 0.1) is 0 Å². The molecule has 3 aromatic carbocycles. The number of anilines is 2. The van der Waals surface area contributed by atoms with Crippen molar-refractivity contribution in [2.75, 3.05) is 25.2 Å². The molecule has 0 unspecified atom stereocenters. The Kier molecular flexibility index (Phi) is 7.13. The molecule has 7 heteroatoms. The zero-order valence-electron chi connectivity index (χ0n) is 19.3. The van der Waals surface area contributed by atoms with Crippen LogP contribution in [-0.4, -0.2) is 23.7 Å². The van der Waals surface area contributed by atoms with E-state index in [1.807, 2.05) is 73.7 Å². The van der Waals surface area contributed by atoms with Crippen LogP contribution in [-0.2, 0) is 13.0 Å². The summed E-state index contributed by atoms with van der Waals surface area (Å²) in [6.45, 7) is 2.89. The summed E-state index contributed by atoms with van der Waals surface area (Å²) in [5.74, 6) is 2.73. The standard InChI is InChI=1S/C27H28N4O3/c1-3-33-23-14-19(13-21-16-30-27(29)31-26(21)28)15-24(34-17-18-7-5-4-6-8-18)25(23)20-9-11-22(32-2)12-10-20/h4-12,14-16H,3,13,17H2,1-2H3,(H4,28,29,30,31). The van der Waals surface area contributed by atoms with E-state index in [0.717, 1.165) is 39.3 Å². The molecule has 0 saturated carbocycles. The average molecular weight is 457 g/mol. The van der Waals surface area contributed by atoms with E-state index in [9.17, 15) is 0 Å². The number of rotatable bonds is 9. The van der Waals surface area contributed by atoms with Gasteiger partial charge in [0.2, 0.25) is 5.95 Å². The Bertz CT molecular complexity index is 1240. The van der Waals surface area contributed by atoms with Gasteiger partial charge in [0.25, 0.3) is 0 Å². The molecule has 0 spiro atoms. The Morgan fingerprint density at radius 2 is 1.56 bits per heavy atom. The Balaban J connectivity index is 1.78. The van der Waals surface area contributed by atoms with E-state index in [-0.39, 0.29) is 5.95 Å². The van der Waals surface area contributed by atoms with Crippen molar-refractivity contribution in [1.29, 1.82) is 0 Å². The van der Waals surface area contributed by atoms with Gasteiger partial charge >= 0.3 is 0 Å². The molecule has 4 aromatic rings. The molecule has 0 aliphatic rings. The van der Waals surface area contributed by atoms with Gasteiger partial charge in [-0.2, -0.15) is 4.98 Å². The van der Waals surface area contributed by atoms with Gasteiger partial charge in [0.05, 0.1) is 19.3 Å². The predicted octanol–water partition coefficient (Wildman–Crippen LogP) is 4.89. The van der Waals surface area contributed by atoms with Gasteiger partial charge < -0.3 is 25.7 Å². The van der Waals surface area contributed by atoms with Crippen LogP contribution in [0.15, 0.2) is 72.9 Å². The van der Waals surface area contributed by atoms with Crippen molar-refractivity contribution in [3.8, 4) is 28.4 Å². The molecule has 7 nitrogen and oxygen atoms in total. The molecule has 174 valence electrons. The van der Waals surface area contributed by atoms with Gasteiger partial charge in [-0.25, -0.2) is 4.98 Å². The quantitative estimate of drug-likeness (QED) is 0.369. The zero-order valence-corrected chi connectivity index (χ0v) is 19.3. The van der Waals surface area contributed by atoms with Crippen molar-refractivity contribution in [2.45, 2.75) is 20.0 Å². The minimum absolute atomic E-state index is 0.151. The van der Waals surface area contributed by atoms with Gasteiger partial charge in [0.1, 0.15) is 29.7 Å². The number of nitrogens with two attached hydrogens (primary N) is 2. The Labute approximate surface area is 199 Å². The molecule has 4 N–H and O–H groups in total. The molecule has 1 aromatic heterocycles. The second kappa shape index (κ2) is 10.6. The molecular formula is C27H28N4O3. The van der Waals surface area contributed by atoms with Gasteiger partial charge in [-0.15, -0.1) is 0 Å². The number of hydrogen-bond acceptors (Lipinski definition) is 7. The average Bonchev–Trinajstić information content (AvgIpc) is 2.85. The zero-order chi connectivity index (χ0) is 23.9. The molecule has 0 radical (unpaired) electrons. The molecule has 34 heavy (non-hydrogen) atoms. The van der Waals surface area contributed by atoms with Crippen LogP contribution in [0.3, 0.4) is 0 Å². The van der Waals surface area contributed by atoms with E-state index in [4.69, 9.17) is 25.7 Å². The monoisotopic (exact) mass is 456 g/mol. The maximum Gasteiger partial charge on any atom is 0.221 e. The first kappa shape index (κ1) is 22.9. The molecule has 1 heterocycles. The summed E-state index contributed by atoms with van der Waals surface area (Å²) in [4.78, 5) is 8.17. The van der Waals surface area contributed by atoms with Gasteiger partial charge in [-0.05, 0) is 47.9 Å². The summed E-state index contributed by atoms with van der Waals surface area (Å²) in [5, 5.41) is 0. The number of nitrogens with zero attached hydrogens (tertiary/aromatic N) is 2. The van der Waals surface area contributed by atoms with Gasteiger partial charge in [-0.1, -0.05) is 42.5 Å². The minimum atomic E-state index is 0.151. The Morgan fingerprint density at radius 1 is 0.853 bits per heavy atom. The van der Waals surface area contributed by atoms with Crippen molar-refractivity contribution >= 4 is 11.8 Å². The van der Waals surface area contributed by atoms with E-state index in [1.165, 1.54) is 0 Å². The second-order valence-electron chi connectivity index (χ2n) is 7.72. The second-order valence-corrected chi connectivity index (χ2v) is 7.72. The highest BCUT2D eigenvalue weighted by atomic mass is 16.5. The number of aromatic nitrogens is 2. The van der Waals surface area contributed by atoms with E-state index < -0.39 is 0 Å². The third kappa shape index (κ3) is 5.38. The highest BCUT2D eigenvalue weighted by Crippen LogP contribution is 2.41. The van der Waals surface area contributed by atoms with E-state index >= 15 is 0 Å². The minimum Gasteiger partial charge on any atom is -0.497 e. The van der Waals surface area contributed by atoms with Crippen LogP contribution in [0.1, 0.15) is 23.6 Å². The third-order valence-electron chi connectivity index (χ3n) is 5.35. The maximum atomic E-state index is 6.36. The normalized spacial score (nSPS) is 10.6. The Morgan fingerprint density at radius 3 is 2.21 bits per heavy atom. The molecule has 0 aliphatic carbocycles. The molecule has 0 fully saturated rings. The molecule has 4 rings (SSSR count). The SMILES string of the molecule is CCOc1cc(Cc2cnc(N)nc2N)cc(OCc2ccccc2)c1-c1ccc(OC)cc1. The smallest absolute Gasteiger partial charge is 0.221 e. The van der Waals surface area contributed by atoms with Crippen LogP contribution in [0.4, 0.5) is 11.8 Å². The number of hydrogen-bond donors (Lipinski definition) is 2. The number of nitrogen functional groups attached to an aromatic ring is 2. The third-order valence-corrected chi connectivity index (χ3v) is 5.35. The molecule has 0 saturated heterocycles. The van der Waals surface area contributed by atoms with E-state index in [0.29, 0.717) is 31.2 Å². The largest absolute Gasteiger partial charge is 0.497 e. The van der Waals surface area contributed by atoms with Crippen LogP contribution in [0.2, 0.25) is 0 Å². The van der Waals surface area contributed by atoms with Crippen LogP contribution >= 0.6 is 0 Å². The number of benzene rings is 3. The molecule has 0 bridgehead atoms. The Hall–Kier alpha value is -4.26. The fourth-order valence-corrected chi connectivity index (χ4v) is 3.70. The fraction of sp³-hybridized carbons (Fsp3) is 0.185. The van der Waals surface area contributed by atoms with Gasteiger partial charge in [0, 0.05) is 18.2 Å². The van der Waals surface area contributed by atoms with E-state index in [2.05, 4.69) is 9.97 Å². The first-order valence-corrected chi connectivity index (χ1v) is 11.0. The summed E-state index contributed by atoms with van der Waals surface area (Å²) in [5.41, 5.74) is 16.4. The lowest BCUT2D eigenvalue weighted by Crippen LogP contribution is -2.05. The summed E-state index contributed by atoms with van der Waals surface area (Å²) < 4.78 is 17.8. The molecule has 0 atom stereocenters. The highest BCUT2D eigenvalue weighted by molar-refractivity contribution is 5.78. The van der Waals surface area contributed by atoms with Crippen molar-refractivity contribution < 1.29 is 14.2 Å². The topological polar surface area (TPSA) is 106 Å². The summed E-state index contributed by atoms with van der Waals surface area (Å²) in [6.07, 6.45) is 2.16. The highest BCUT2D eigenvalue weighted by Gasteiger charge is 2.17. The summed E-state index contributed by atoms with van der Waals surface area (Å²) >= 11 is 0. The van der Waals surface area contributed by atoms with Crippen molar-refractivity contribution in [3.63, 3.8) is 0 Å². The van der Waals surface area contributed by atoms with Gasteiger partial charge in [0.15, 0.2) is 0 Å². The van der Waals surface area contributed by atoms with Crippen molar-refractivity contribution in [2.24, 2.45) is 0 Å². The van der Waals surface area contributed by atoms with Crippen molar-refractivity contribution in [3.05, 3.63) is 89.6 Å². The summed E-state index contributed by atoms with van der Waals surface area (Å²) in [7, 11) is 1.65. The van der Waals surface area contributed by atoms with Crippen LogP contribution in [0.25, 0.3) is 11.1 Å². The summed E-state index contributed by atoms with van der Waals surface area (Å²) in [6, 6.07) is 21.9. The lowest BCUT2D eigenvalue weighted by molar-refractivity contribution is 0.301. The lowest BCUT2D eigenvalue weighted by Gasteiger charge is -2.19. The first-order valence-electron chi connectivity index (χ1n) is 11.0. The number of methoxy groups -OCH3 is 1. The van der Waals surface area contributed by atoms with Crippen molar-refractivity contribution in [1.82, 2.24) is 9.97 Å². The van der Waals surface area contributed by atoms with Gasteiger partial charge in [-0.3, -0.25) is 0 Å². The molecule has 0 aliphatic heterocycles. The molecular weight excluding hydrogens is 428 g/mol. The lowest BCUT2D eigenvalue weighted by atomic mass is 9.98. The first-order chi connectivity index (χ1) is 16.6. The van der Waals surface area contributed by atoms with E-state index in [1.54, 1.807) is 13.3 Å². The number of ether oxygens (including phenoxy) is 3. The van der Waals surface area contributed by atoms with Crippen LogP contribution in [0.5, 0.6) is 17.2 Å².